The minimum absolute atomic E-state index is 0. The van der Waals surface area contributed by atoms with Crippen molar-refractivity contribution < 1.29 is 90.6 Å². The Morgan fingerprint density at radius 2 is 1.14 bits per heavy atom. The van der Waals surface area contributed by atoms with Crippen molar-refractivity contribution in [3.63, 3.8) is 0 Å². The molecule has 0 heterocycles. The average Bonchev–Trinajstić information content (AvgIpc) is 0.722. The van der Waals surface area contributed by atoms with Crippen molar-refractivity contribution in [3.05, 3.63) is 0 Å². The van der Waals surface area contributed by atoms with Gasteiger partial charge in [-0.25, -0.2) is 0 Å². The molecular formula is KO4STi+. The molecule has 0 aliphatic heterocycles. The first kappa shape index (κ1) is 16.1. The third kappa shape index (κ3) is 64.5. The fraction of sp³-hybridized carbons (Fsp3) is 0. The van der Waals surface area contributed by atoms with Gasteiger partial charge in [0.05, 0.1) is 0 Å². The van der Waals surface area contributed by atoms with Crippen LogP contribution >= 0.6 is 0 Å². The molecule has 0 N–H and O–H groups in total. The largest absolute Gasteiger partial charge is 2.00 e. The van der Waals surface area contributed by atoms with Crippen LogP contribution < -0.4 is 51.4 Å². The summed E-state index contributed by atoms with van der Waals surface area (Å²) in [5.74, 6) is 0. The summed E-state index contributed by atoms with van der Waals surface area (Å²) in [7, 11) is -5.17. The second-order valence-electron chi connectivity index (χ2n) is 0.408. The summed E-state index contributed by atoms with van der Waals surface area (Å²) < 4.78 is 34.1. The van der Waals surface area contributed by atoms with Crippen LogP contribution in [0, 0.1) is 0 Å². The third-order valence-corrected chi connectivity index (χ3v) is 0. The maximum Gasteiger partial charge on any atom is 2.00 e. The third-order valence-electron chi connectivity index (χ3n) is 0. The minimum Gasteiger partial charge on any atom is -0.759 e. The summed E-state index contributed by atoms with van der Waals surface area (Å²) in [6.45, 7) is 0. The monoisotopic (exact) mass is 183 g/mol. The molecule has 0 saturated heterocycles. The van der Waals surface area contributed by atoms with Crippen LogP contribution in [-0.4, -0.2) is 17.5 Å². The molecule has 0 radical (unpaired) electrons. The molecule has 4 nitrogen and oxygen atoms in total. The van der Waals surface area contributed by atoms with Gasteiger partial charge in [0.25, 0.3) is 0 Å². The van der Waals surface area contributed by atoms with Crippen molar-refractivity contribution >= 4 is 10.4 Å². The first-order chi connectivity index (χ1) is 2.00. The van der Waals surface area contributed by atoms with Crippen molar-refractivity contribution in [1.29, 1.82) is 0 Å². The van der Waals surface area contributed by atoms with E-state index in [1.807, 2.05) is 0 Å². The first-order valence-electron chi connectivity index (χ1n) is 0.667. The summed E-state index contributed by atoms with van der Waals surface area (Å²) in [5, 5.41) is 0. The van der Waals surface area contributed by atoms with E-state index in [1.54, 1.807) is 0 Å². The minimum atomic E-state index is -5.17. The van der Waals surface area contributed by atoms with Crippen molar-refractivity contribution in [2.24, 2.45) is 0 Å². The predicted octanol–water partition coefficient (Wildman–Crippen LogP) is -4.34. The van der Waals surface area contributed by atoms with Crippen LogP contribution in [0.15, 0.2) is 0 Å². The van der Waals surface area contributed by atoms with Gasteiger partial charge in [-0.15, -0.1) is 0 Å². The van der Waals surface area contributed by atoms with Gasteiger partial charge in [0.1, 0.15) is 0 Å². The van der Waals surface area contributed by atoms with Crippen LogP contribution in [0.2, 0.25) is 0 Å². The maximum atomic E-state index is 8.52. The van der Waals surface area contributed by atoms with Crippen LogP contribution in [0.4, 0.5) is 0 Å². The zero-order chi connectivity index (χ0) is 4.50. The maximum absolute atomic E-state index is 8.52. The van der Waals surface area contributed by atoms with Gasteiger partial charge in [-0.1, -0.05) is 0 Å². The Hall–Kier alpha value is 2.22. The van der Waals surface area contributed by atoms with E-state index in [2.05, 4.69) is 0 Å². The molecular weight excluding hydrogens is 183 g/mol. The second kappa shape index (κ2) is 6.34. The fourth-order valence-electron chi connectivity index (χ4n) is 0. The molecule has 0 rings (SSSR count). The van der Waals surface area contributed by atoms with E-state index in [0.29, 0.717) is 0 Å². The van der Waals surface area contributed by atoms with Gasteiger partial charge in [0.2, 0.25) is 0 Å². The summed E-state index contributed by atoms with van der Waals surface area (Å²) in [5.41, 5.74) is 0. The Morgan fingerprint density at radius 3 is 1.14 bits per heavy atom. The van der Waals surface area contributed by atoms with Gasteiger partial charge in [-0.3, -0.25) is 8.42 Å². The van der Waals surface area contributed by atoms with Crippen molar-refractivity contribution in [1.82, 2.24) is 0 Å². The van der Waals surface area contributed by atoms with Gasteiger partial charge < -0.3 is 9.11 Å². The van der Waals surface area contributed by atoms with E-state index in [4.69, 9.17) is 17.5 Å². The summed E-state index contributed by atoms with van der Waals surface area (Å²) in [6, 6.07) is 0. The molecule has 0 atom stereocenters. The van der Waals surface area contributed by atoms with Crippen LogP contribution in [0.5, 0.6) is 0 Å². The Balaban J connectivity index is -0.0000000800. The molecule has 0 fully saturated rings. The van der Waals surface area contributed by atoms with E-state index in [1.165, 1.54) is 0 Å². The van der Waals surface area contributed by atoms with E-state index >= 15 is 0 Å². The molecule has 0 aromatic rings. The molecule has 0 aromatic heterocycles. The van der Waals surface area contributed by atoms with Crippen molar-refractivity contribution in [2.45, 2.75) is 0 Å². The van der Waals surface area contributed by atoms with E-state index in [0.717, 1.165) is 0 Å². The zero-order valence-electron chi connectivity index (χ0n) is 3.54. The Kier molecular flexibility index (Phi) is 14.6. The molecule has 34 valence electrons. The van der Waals surface area contributed by atoms with Gasteiger partial charge >= 0.3 is 73.1 Å². The van der Waals surface area contributed by atoms with E-state index in [9.17, 15) is 0 Å². The molecule has 7 heteroatoms. The van der Waals surface area contributed by atoms with E-state index < -0.39 is 10.4 Å². The van der Waals surface area contributed by atoms with Gasteiger partial charge in [0, 0.05) is 10.4 Å². The molecule has 0 bridgehead atoms. The smallest absolute Gasteiger partial charge is 0.759 e. The summed E-state index contributed by atoms with van der Waals surface area (Å²) in [6.07, 6.45) is 0. The SMILES string of the molecule is O=S(=O)([O-])[O-].[K+].[Ti+2]. The standard InChI is InChI=1S/K.H2O4S.Ti/c;1-5(2,3)4;/h;(H2,1,2,3,4);/q+1;;+2/p-2. The number of hydrogen-bond donors (Lipinski definition) is 0. The van der Waals surface area contributed by atoms with Crippen molar-refractivity contribution in [3.8, 4) is 0 Å². The average molecular weight is 183 g/mol. The van der Waals surface area contributed by atoms with Crippen LogP contribution in [0.3, 0.4) is 0 Å². The molecule has 0 aliphatic carbocycles. The summed E-state index contributed by atoms with van der Waals surface area (Å²) in [4.78, 5) is 0. The Labute approximate surface area is 98.9 Å². The van der Waals surface area contributed by atoms with E-state index in [-0.39, 0.29) is 73.1 Å². The molecule has 7 heavy (non-hydrogen) atoms. The molecule has 0 saturated carbocycles. The van der Waals surface area contributed by atoms with Crippen molar-refractivity contribution in [2.75, 3.05) is 0 Å². The Morgan fingerprint density at radius 1 is 1.14 bits per heavy atom. The van der Waals surface area contributed by atoms with Crippen LogP contribution in [0.25, 0.3) is 0 Å². The van der Waals surface area contributed by atoms with Crippen LogP contribution in [0.1, 0.15) is 0 Å². The van der Waals surface area contributed by atoms with Gasteiger partial charge in [0.15, 0.2) is 0 Å². The fourth-order valence-corrected chi connectivity index (χ4v) is 0. The molecule has 0 unspecified atom stereocenters. The number of hydrogen-bond acceptors (Lipinski definition) is 4. The molecule has 0 aliphatic rings. The Bertz CT molecular complexity index is 94.9. The zero-order valence-corrected chi connectivity index (χ0v) is 9.04. The normalized spacial score (nSPS) is 8.29. The topological polar surface area (TPSA) is 80.3 Å². The molecule has 0 amide bonds. The number of rotatable bonds is 0. The second-order valence-corrected chi connectivity index (χ2v) is 1.22. The van der Waals surface area contributed by atoms with Gasteiger partial charge in [-0.2, -0.15) is 0 Å². The summed E-state index contributed by atoms with van der Waals surface area (Å²) >= 11 is 0. The van der Waals surface area contributed by atoms with Gasteiger partial charge in [-0.05, 0) is 0 Å². The predicted molar refractivity (Wildman–Crippen MR) is 10.5 cm³/mol. The molecule has 0 aromatic carbocycles. The van der Waals surface area contributed by atoms with Crippen LogP contribution in [-0.2, 0) is 32.1 Å². The first-order valence-corrected chi connectivity index (χ1v) is 2.00. The molecule has 0 spiro atoms. The quantitative estimate of drug-likeness (QED) is 0.216.